The number of benzene rings is 2. The lowest BCUT2D eigenvalue weighted by molar-refractivity contribution is 0.0953. The van der Waals surface area contributed by atoms with Gasteiger partial charge in [0.2, 0.25) is 0 Å². The predicted molar refractivity (Wildman–Crippen MR) is 126 cm³/mol. The smallest absolute Gasteiger partial charge is 0.251 e. The summed E-state index contributed by atoms with van der Waals surface area (Å²) in [6.07, 6.45) is 3.83. The first kappa shape index (κ1) is 21.8. The summed E-state index contributed by atoms with van der Waals surface area (Å²) in [5.74, 6) is 1.60. The molecule has 32 heavy (non-hydrogen) atoms. The molecule has 1 amide bonds. The van der Waals surface area contributed by atoms with E-state index in [0.717, 1.165) is 38.8 Å². The number of rotatable bonds is 8. The van der Waals surface area contributed by atoms with Crippen molar-refractivity contribution < 1.29 is 9.53 Å². The van der Waals surface area contributed by atoms with Gasteiger partial charge in [0, 0.05) is 35.9 Å². The van der Waals surface area contributed by atoms with Gasteiger partial charge in [0.1, 0.15) is 18.2 Å². The van der Waals surface area contributed by atoms with Crippen molar-refractivity contribution in [3.63, 3.8) is 0 Å². The number of nitrogens with zero attached hydrogens (tertiary/aromatic N) is 3. The van der Waals surface area contributed by atoms with E-state index in [1.807, 2.05) is 44.2 Å². The number of halogens is 1. The maximum atomic E-state index is 12.3. The highest BCUT2D eigenvalue weighted by Gasteiger charge is 2.12. The second kappa shape index (κ2) is 9.83. The van der Waals surface area contributed by atoms with Crippen LogP contribution in [0.5, 0.6) is 5.75 Å². The molecule has 0 spiro atoms. The molecule has 0 aliphatic heterocycles. The summed E-state index contributed by atoms with van der Waals surface area (Å²) < 4.78 is 8.17. The van der Waals surface area contributed by atoms with E-state index in [1.165, 1.54) is 0 Å². The number of fused-ring (bicyclic) bond motifs is 1. The minimum absolute atomic E-state index is 0.119. The van der Waals surface area contributed by atoms with E-state index in [4.69, 9.17) is 21.3 Å². The number of hydrogen-bond acceptors (Lipinski definition) is 4. The van der Waals surface area contributed by atoms with Gasteiger partial charge in [0.15, 0.2) is 0 Å². The molecule has 7 heteroatoms. The van der Waals surface area contributed by atoms with Crippen LogP contribution in [0.4, 0.5) is 0 Å². The van der Waals surface area contributed by atoms with Crippen LogP contribution in [0.2, 0.25) is 5.02 Å². The van der Waals surface area contributed by atoms with Gasteiger partial charge in [-0.1, -0.05) is 23.7 Å². The maximum absolute atomic E-state index is 12.3. The second-order valence-corrected chi connectivity index (χ2v) is 8.01. The van der Waals surface area contributed by atoms with Crippen LogP contribution < -0.4 is 10.1 Å². The third-order valence-corrected chi connectivity index (χ3v) is 5.90. The van der Waals surface area contributed by atoms with E-state index in [1.54, 1.807) is 24.5 Å². The summed E-state index contributed by atoms with van der Waals surface area (Å²) in [5, 5.41) is 3.73. The average molecular weight is 449 g/mol. The van der Waals surface area contributed by atoms with E-state index in [9.17, 15) is 4.79 Å². The Morgan fingerprint density at radius 1 is 1.09 bits per heavy atom. The lowest BCUT2D eigenvalue weighted by Crippen LogP contribution is -2.26. The molecule has 0 aliphatic rings. The molecular formula is C25H25ClN4O2. The van der Waals surface area contributed by atoms with Crippen molar-refractivity contribution in [1.29, 1.82) is 0 Å². The number of nitrogens with one attached hydrogen (secondary N) is 1. The quantitative estimate of drug-likeness (QED) is 0.422. The molecule has 0 unspecified atom stereocenters. The molecular weight excluding hydrogens is 424 g/mol. The molecule has 0 aliphatic carbocycles. The van der Waals surface area contributed by atoms with Gasteiger partial charge in [0.05, 0.1) is 17.6 Å². The van der Waals surface area contributed by atoms with Crippen molar-refractivity contribution in [3.8, 4) is 5.75 Å². The number of pyridine rings is 1. The van der Waals surface area contributed by atoms with Crippen molar-refractivity contribution >= 4 is 28.5 Å². The van der Waals surface area contributed by atoms with Crippen molar-refractivity contribution in [3.05, 3.63) is 88.5 Å². The van der Waals surface area contributed by atoms with Crippen LogP contribution in [0.25, 0.3) is 11.0 Å². The number of imidazole rings is 1. The number of hydrogen-bond donors (Lipinski definition) is 1. The van der Waals surface area contributed by atoms with Crippen LogP contribution in [0.15, 0.2) is 60.9 Å². The average Bonchev–Trinajstić information content (AvgIpc) is 3.15. The molecule has 0 atom stereocenters. The number of aryl methyl sites for hydroxylation is 2. The van der Waals surface area contributed by atoms with Gasteiger partial charge in [-0.05, 0) is 61.4 Å². The molecule has 0 saturated heterocycles. The fraction of sp³-hybridized carbons (Fsp3) is 0.240. The number of carbonyl (C=O) groups is 1. The van der Waals surface area contributed by atoms with Crippen LogP contribution >= 0.6 is 11.6 Å². The number of carbonyl (C=O) groups excluding carboxylic acids is 1. The number of ether oxygens (including phenoxy) is 1. The first-order valence-electron chi connectivity index (χ1n) is 10.5. The van der Waals surface area contributed by atoms with Gasteiger partial charge in [0.25, 0.3) is 5.91 Å². The lowest BCUT2D eigenvalue weighted by Gasteiger charge is -2.13. The zero-order valence-corrected chi connectivity index (χ0v) is 18.9. The van der Waals surface area contributed by atoms with Crippen LogP contribution in [0.3, 0.4) is 0 Å². The van der Waals surface area contributed by atoms with Gasteiger partial charge in [-0.25, -0.2) is 4.98 Å². The highest BCUT2D eigenvalue weighted by molar-refractivity contribution is 6.32. The van der Waals surface area contributed by atoms with Gasteiger partial charge < -0.3 is 14.6 Å². The van der Waals surface area contributed by atoms with E-state index in [2.05, 4.69) is 20.9 Å². The first-order chi connectivity index (χ1) is 15.5. The van der Waals surface area contributed by atoms with Crippen LogP contribution in [-0.4, -0.2) is 33.6 Å². The molecule has 6 nitrogen and oxygen atoms in total. The van der Waals surface area contributed by atoms with E-state index >= 15 is 0 Å². The fourth-order valence-electron chi connectivity index (χ4n) is 3.70. The van der Waals surface area contributed by atoms with Crippen molar-refractivity contribution in [2.45, 2.75) is 26.8 Å². The molecule has 4 aromatic rings. The highest BCUT2D eigenvalue weighted by Crippen LogP contribution is 2.26. The lowest BCUT2D eigenvalue weighted by atomic mass is 10.1. The highest BCUT2D eigenvalue weighted by atomic mass is 35.5. The SMILES string of the molecule is Cc1cc(OCCn2c(CCNC(=O)c3ccncc3)nc3ccccc32)cc(C)c1Cl. The Kier molecular flexibility index (Phi) is 6.71. The molecule has 0 radical (unpaired) electrons. The van der Waals surface area contributed by atoms with E-state index in [-0.39, 0.29) is 5.91 Å². The van der Waals surface area contributed by atoms with Crippen molar-refractivity contribution in [1.82, 2.24) is 19.9 Å². The molecule has 164 valence electrons. The Morgan fingerprint density at radius 3 is 2.56 bits per heavy atom. The van der Waals surface area contributed by atoms with E-state index < -0.39 is 0 Å². The largest absolute Gasteiger partial charge is 0.492 e. The topological polar surface area (TPSA) is 69.0 Å². The standard InChI is InChI=1S/C25H25ClN4O2/c1-17-15-20(16-18(2)24(17)26)32-14-13-30-22-6-4-3-5-21(22)29-23(30)9-12-28-25(31)19-7-10-27-11-8-19/h3-8,10-11,15-16H,9,12-14H2,1-2H3,(H,28,31). The zero-order valence-electron chi connectivity index (χ0n) is 18.1. The molecule has 2 aromatic carbocycles. The van der Waals surface area contributed by atoms with Crippen molar-refractivity contribution in [2.24, 2.45) is 0 Å². The summed E-state index contributed by atoms with van der Waals surface area (Å²) in [6.45, 7) is 5.58. The normalized spacial score (nSPS) is 11.0. The summed E-state index contributed by atoms with van der Waals surface area (Å²) >= 11 is 6.26. The summed E-state index contributed by atoms with van der Waals surface area (Å²) in [5.41, 5.74) is 4.58. The summed E-state index contributed by atoms with van der Waals surface area (Å²) in [6, 6.07) is 15.3. The molecule has 0 bridgehead atoms. The Labute approximate surface area is 192 Å². The number of para-hydroxylation sites is 2. The Balaban J connectivity index is 1.44. The van der Waals surface area contributed by atoms with Gasteiger partial charge in [-0.3, -0.25) is 9.78 Å². The molecule has 0 fully saturated rings. The third kappa shape index (κ3) is 4.92. The third-order valence-electron chi connectivity index (χ3n) is 5.30. The van der Waals surface area contributed by atoms with E-state index in [0.29, 0.717) is 31.7 Å². The van der Waals surface area contributed by atoms with Gasteiger partial charge in [-0.2, -0.15) is 0 Å². The molecule has 0 saturated carbocycles. The van der Waals surface area contributed by atoms with Gasteiger partial charge in [-0.15, -0.1) is 0 Å². The minimum Gasteiger partial charge on any atom is -0.492 e. The Bertz CT molecular complexity index is 1210. The fourth-order valence-corrected chi connectivity index (χ4v) is 3.81. The van der Waals surface area contributed by atoms with Crippen molar-refractivity contribution in [2.75, 3.05) is 13.2 Å². The van der Waals surface area contributed by atoms with Crippen LogP contribution in [-0.2, 0) is 13.0 Å². The predicted octanol–water partition coefficient (Wildman–Crippen LogP) is 4.75. The first-order valence-corrected chi connectivity index (χ1v) is 10.9. The number of aromatic nitrogens is 3. The van der Waals surface area contributed by atoms with Crippen LogP contribution in [0.1, 0.15) is 27.3 Å². The zero-order chi connectivity index (χ0) is 22.5. The monoisotopic (exact) mass is 448 g/mol. The maximum Gasteiger partial charge on any atom is 0.251 e. The van der Waals surface area contributed by atoms with Crippen LogP contribution in [0, 0.1) is 13.8 Å². The molecule has 1 N–H and O–H groups in total. The Morgan fingerprint density at radius 2 is 1.81 bits per heavy atom. The number of amides is 1. The second-order valence-electron chi connectivity index (χ2n) is 7.63. The summed E-state index contributed by atoms with van der Waals surface area (Å²) in [4.78, 5) is 21.0. The molecule has 4 rings (SSSR count). The summed E-state index contributed by atoms with van der Waals surface area (Å²) in [7, 11) is 0. The molecule has 2 aromatic heterocycles. The Hall–Kier alpha value is -3.38. The van der Waals surface area contributed by atoms with Gasteiger partial charge >= 0.3 is 0 Å². The molecule has 2 heterocycles. The minimum atomic E-state index is -0.119.